The molecule has 5 rings (SSSR count). The van der Waals surface area contributed by atoms with Crippen LogP contribution in [0.15, 0.2) is 42.5 Å². The molecule has 9 heteroatoms. The van der Waals surface area contributed by atoms with Gasteiger partial charge in [0.05, 0.1) is 12.2 Å². The molecule has 2 atom stereocenters. The maximum absolute atomic E-state index is 13.7. The lowest BCUT2D eigenvalue weighted by atomic mass is 9.83. The molecule has 2 aliphatic heterocycles. The highest BCUT2D eigenvalue weighted by molar-refractivity contribution is 5.86. The van der Waals surface area contributed by atoms with Crippen LogP contribution in [0.3, 0.4) is 0 Å². The molecule has 1 saturated carbocycles. The van der Waals surface area contributed by atoms with Gasteiger partial charge in [-0.05, 0) is 73.1 Å². The molecule has 1 aliphatic carbocycles. The predicted octanol–water partition coefficient (Wildman–Crippen LogP) is 5.03. The number of carbonyl (C=O) groups is 1. The number of hydrogen-bond donors (Lipinski definition) is 1. The average molecular weight is 495 g/mol. The molecule has 1 amide bonds. The van der Waals surface area contributed by atoms with Gasteiger partial charge in [-0.3, -0.25) is 9.69 Å². The molecule has 3 aliphatic rings. The molecule has 4 nitrogen and oxygen atoms in total. The first kappa shape index (κ1) is 24.2. The summed E-state index contributed by atoms with van der Waals surface area (Å²) < 4.78 is 72.1. The van der Waals surface area contributed by atoms with Crippen molar-refractivity contribution in [3.05, 3.63) is 70.8 Å². The number of alkyl halides is 3. The third kappa shape index (κ3) is 5.07. The Balaban J connectivity index is 1.17. The largest absolute Gasteiger partial charge is 0.416 e. The molecule has 0 bridgehead atoms. The molecule has 0 aromatic heterocycles. The molecule has 0 unspecified atom stereocenters. The van der Waals surface area contributed by atoms with E-state index < -0.39 is 23.2 Å². The second-order valence-electron chi connectivity index (χ2n) is 9.90. The maximum atomic E-state index is 13.7. The van der Waals surface area contributed by atoms with Crippen LogP contribution in [-0.2, 0) is 22.3 Å². The number of carbonyl (C=O) groups excluding carboxylic acids is 1. The minimum Gasteiger partial charge on any atom is -0.363 e. The summed E-state index contributed by atoms with van der Waals surface area (Å²) in [6.07, 6.45) is -1.62. The van der Waals surface area contributed by atoms with Crippen LogP contribution >= 0.6 is 0 Å². The van der Waals surface area contributed by atoms with Crippen molar-refractivity contribution in [2.45, 2.75) is 56.0 Å². The molecule has 3 fully saturated rings. The number of halogens is 5. The van der Waals surface area contributed by atoms with Gasteiger partial charge in [-0.1, -0.05) is 12.1 Å². The summed E-state index contributed by atoms with van der Waals surface area (Å²) in [4.78, 5) is 15.5. The highest BCUT2D eigenvalue weighted by Crippen LogP contribution is 2.47. The smallest absolute Gasteiger partial charge is 0.363 e. The van der Waals surface area contributed by atoms with E-state index in [0.717, 1.165) is 50.0 Å². The number of hydrogen-bond acceptors (Lipinski definition) is 3. The molecule has 2 heterocycles. The van der Waals surface area contributed by atoms with Crippen molar-refractivity contribution in [3.8, 4) is 0 Å². The molecule has 1 N–H and O–H groups in total. The van der Waals surface area contributed by atoms with Crippen LogP contribution in [0.2, 0.25) is 0 Å². The third-order valence-electron chi connectivity index (χ3n) is 7.51. The summed E-state index contributed by atoms with van der Waals surface area (Å²) in [6.45, 7) is 1.90. The Hall–Kier alpha value is -2.52. The van der Waals surface area contributed by atoms with Gasteiger partial charge in [0.2, 0.25) is 0 Å². The molecule has 0 radical (unpaired) electrons. The summed E-state index contributed by atoms with van der Waals surface area (Å²) in [7, 11) is 0. The van der Waals surface area contributed by atoms with Gasteiger partial charge in [-0.2, -0.15) is 13.2 Å². The van der Waals surface area contributed by atoms with E-state index in [1.54, 1.807) is 0 Å². The van der Waals surface area contributed by atoms with Gasteiger partial charge in [-0.25, -0.2) is 8.78 Å². The van der Waals surface area contributed by atoms with E-state index >= 15 is 0 Å². The van der Waals surface area contributed by atoms with Gasteiger partial charge in [-0.15, -0.1) is 0 Å². The van der Waals surface area contributed by atoms with Crippen molar-refractivity contribution in [2.75, 3.05) is 19.7 Å². The van der Waals surface area contributed by atoms with Crippen LogP contribution in [0.5, 0.6) is 0 Å². The number of nitrogens with zero attached hydrogens (tertiary/aromatic N) is 1. The first-order valence-electron chi connectivity index (χ1n) is 11.9. The van der Waals surface area contributed by atoms with Gasteiger partial charge in [0.25, 0.3) is 5.91 Å². The van der Waals surface area contributed by atoms with Crippen molar-refractivity contribution in [1.82, 2.24) is 10.2 Å². The lowest BCUT2D eigenvalue weighted by Gasteiger charge is -2.49. The molecule has 0 spiro atoms. The average Bonchev–Trinajstić information content (AvgIpc) is 3.63. The van der Waals surface area contributed by atoms with Crippen LogP contribution in [0.4, 0.5) is 22.0 Å². The zero-order valence-corrected chi connectivity index (χ0v) is 19.1. The van der Waals surface area contributed by atoms with Crippen LogP contribution in [0, 0.1) is 17.6 Å². The summed E-state index contributed by atoms with van der Waals surface area (Å²) >= 11 is 0. The molecule has 188 valence electrons. The fourth-order valence-electron chi connectivity index (χ4n) is 5.31. The van der Waals surface area contributed by atoms with E-state index in [1.165, 1.54) is 12.1 Å². The monoisotopic (exact) mass is 494 g/mol. The number of amides is 1. The zero-order chi connectivity index (χ0) is 24.8. The lowest BCUT2D eigenvalue weighted by molar-refractivity contribution is -0.167. The Bertz CT molecular complexity index is 1070. The summed E-state index contributed by atoms with van der Waals surface area (Å²) in [5.41, 5.74) is -0.906. The fourth-order valence-corrected chi connectivity index (χ4v) is 5.31. The van der Waals surface area contributed by atoms with E-state index in [4.69, 9.17) is 4.74 Å². The van der Waals surface area contributed by atoms with Crippen molar-refractivity contribution in [2.24, 2.45) is 5.92 Å². The minimum atomic E-state index is -4.66. The van der Waals surface area contributed by atoms with Gasteiger partial charge in [0.1, 0.15) is 17.2 Å². The molecular weight excluding hydrogens is 467 g/mol. The number of likely N-dealkylation sites (tertiary alicyclic amines) is 1. The van der Waals surface area contributed by atoms with Crippen molar-refractivity contribution >= 4 is 5.91 Å². The standard InChI is InChI=1S/C26H27F5N2O2/c27-21-5-1-17(2-6-21)18-13-33(14-18)23-7-8-25(35-15-23,19-3-4-19)24(34)32-12-16-9-20(26(29,30)31)11-22(28)10-16/h1-2,5-6,9-11,18-19,23H,3-4,7-8,12-15H2,(H,32,34)/t23-,25+/m1/s1. The van der Waals surface area contributed by atoms with Crippen LogP contribution < -0.4 is 5.32 Å². The van der Waals surface area contributed by atoms with Crippen molar-refractivity contribution in [3.63, 3.8) is 0 Å². The fraction of sp³-hybridized carbons (Fsp3) is 0.500. The Morgan fingerprint density at radius 3 is 2.34 bits per heavy atom. The Morgan fingerprint density at radius 2 is 1.74 bits per heavy atom. The summed E-state index contributed by atoms with van der Waals surface area (Å²) in [6, 6.07) is 9.04. The topological polar surface area (TPSA) is 41.6 Å². The SMILES string of the molecule is O=C(NCc1cc(F)cc(C(F)(F)F)c1)[C@@]1(C2CC2)CC[C@@H](N2CC(c3ccc(F)cc3)C2)CO1. The minimum absolute atomic E-state index is 0.0534. The lowest BCUT2D eigenvalue weighted by Crippen LogP contribution is -2.59. The second-order valence-corrected chi connectivity index (χ2v) is 9.90. The summed E-state index contributed by atoms with van der Waals surface area (Å²) in [5.74, 6) is -1.15. The van der Waals surface area contributed by atoms with E-state index in [-0.39, 0.29) is 35.8 Å². The summed E-state index contributed by atoms with van der Waals surface area (Å²) in [5, 5.41) is 2.70. The van der Waals surface area contributed by atoms with Gasteiger partial charge >= 0.3 is 6.18 Å². The van der Waals surface area contributed by atoms with Gasteiger partial charge < -0.3 is 10.1 Å². The number of rotatable bonds is 6. The Kier molecular flexibility index (Phi) is 6.34. The second kappa shape index (κ2) is 9.17. The normalized spacial score (nSPS) is 25.8. The maximum Gasteiger partial charge on any atom is 0.416 e. The highest BCUT2D eigenvalue weighted by atomic mass is 19.4. The van der Waals surface area contributed by atoms with E-state index in [9.17, 15) is 26.7 Å². The Labute approximate surface area is 200 Å². The molecule has 2 saturated heterocycles. The molecule has 2 aromatic carbocycles. The van der Waals surface area contributed by atoms with E-state index in [2.05, 4.69) is 10.2 Å². The van der Waals surface area contributed by atoms with E-state index in [1.807, 2.05) is 12.1 Å². The third-order valence-corrected chi connectivity index (χ3v) is 7.51. The highest BCUT2D eigenvalue weighted by Gasteiger charge is 2.54. The zero-order valence-electron chi connectivity index (χ0n) is 19.1. The predicted molar refractivity (Wildman–Crippen MR) is 118 cm³/mol. The van der Waals surface area contributed by atoms with Crippen LogP contribution in [0.25, 0.3) is 0 Å². The first-order chi connectivity index (χ1) is 16.6. The number of benzene rings is 2. The van der Waals surface area contributed by atoms with Crippen molar-refractivity contribution in [1.29, 1.82) is 0 Å². The number of nitrogens with one attached hydrogen (secondary N) is 1. The van der Waals surface area contributed by atoms with E-state index in [0.29, 0.717) is 25.0 Å². The van der Waals surface area contributed by atoms with Crippen molar-refractivity contribution < 1.29 is 31.5 Å². The quantitative estimate of drug-likeness (QED) is 0.573. The molecule has 2 aromatic rings. The van der Waals surface area contributed by atoms with Gasteiger partial charge in [0.15, 0.2) is 0 Å². The molecular formula is C26H27F5N2O2. The first-order valence-corrected chi connectivity index (χ1v) is 11.9. The number of ether oxygens (including phenoxy) is 1. The molecule has 35 heavy (non-hydrogen) atoms. The van der Waals surface area contributed by atoms with Crippen LogP contribution in [0.1, 0.15) is 48.3 Å². The van der Waals surface area contributed by atoms with Crippen LogP contribution in [-0.4, -0.2) is 42.1 Å². The van der Waals surface area contributed by atoms with Gasteiger partial charge in [0, 0.05) is 31.6 Å². The Morgan fingerprint density at radius 1 is 1.03 bits per heavy atom.